The van der Waals surface area contributed by atoms with Crippen LogP contribution in [-0.4, -0.2) is 48.4 Å². The van der Waals surface area contributed by atoms with Crippen molar-refractivity contribution in [3.63, 3.8) is 0 Å². The molecule has 0 N–H and O–H groups in total. The van der Waals surface area contributed by atoms with Gasteiger partial charge in [-0.15, -0.1) is 0 Å². The Kier molecular flexibility index (Phi) is 5.04. The molecule has 2 aliphatic heterocycles. The van der Waals surface area contributed by atoms with Crippen molar-refractivity contribution in [3.8, 4) is 0 Å². The number of aryl methyl sites for hydroxylation is 2. The smallest absolute Gasteiger partial charge is 0.254 e. The third-order valence-corrected chi connectivity index (χ3v) is 4.67. The van der Waals surface area contributed by atoms with Gasteiger partial charge in [0.25, 0.3) is 5.91 Å². The molecule has 2 fully saturated rings. The minimum absolute atomic E-state index is 0. The Morgan fingerprint density at radius 2 is 1.95 bits per heavy atom. The molecule has 2 bridgehead atoms. The summed E-state index contributed by atoms with van der Waals surface area (Å²) in [4.78, 5) is 17.4. The maximum atomic E-state index is 12.8. The largest absolute Gasteiger partial charge is 0.337 e. The van der Waals surface area contributed by atoms with Crippen LogP contribution in [-0.2, 0) is 0 Å². The highest BCUT2D eigenvalue weighted by Gasteiger charge is 2.29. The number of carbonyl (C=O) groups excluding carboxylic acids is 1. The zero-order chi connectivity index (χ0) is 14.1. The van der Waals surface area contributed by atoms with E-state index in [2.05, 4.69) is 22.8 Å². The second kappa shape index (κ2) is 6.61. The third kappa shape index (κ3) is 3.46. The van der Waals surface area contributed by atoms with Crippen molar-refractivity contribution in [1.82, 2.24) is 9.80 Å². The minimum atomic E-state index is 0. The molecule has 2 aliphatic rings. The first kappa shape index (κ1) is 16.0. The van der Waals surface area contributed by atoms with Crippen molar-refractivity contribution < 1.29 is 4.79 Å². The van der Waals surface area contributed by atoms with Crippen LogP contribution in [0.5, 0.6) is 0 Å². The molecule has 3 nitrogen and oxygen atoms in total. The van der Waals surface area contributed by atoms with Crippen molar-refractivity contribution in [2.75, 3.05) is 32.7 Å². The lowest BCUT2D eigenvalue weighted by Crippen LogP contribution is -2.36. The Hall–Kier alpha value is -1.35. The molecule has 1 aromatic carbocycles. The lowest BCUT2D eigenvalue weighted by atomic mass is 9.98. The molecular formula is C18H28N2O. The first-order valence-corrected chi connectivity index (χ1v) is 7.72. The van der Waals surface area contributed by atoms with E-state index in [1.165, 1.54) is 31.5 Å². The van der Waals surface area contributed by atoms with Crippen LogP contribution in [0.25, 0.3) is 0 Å². The molecule has 21 heavy (non-hydrogen) atoms. The summed E-state index contributed by atoms with van der Waals surface area (Å²) < 4.78 is 0. The molecule has 0 aliphatic carbocycles. The highest BCUT2D eigenvalue weighted by Crippen LogP contribution is 2.22. The zero-order valence-electron chi connectivity index (χ0n) is 12.6. The SMILES string of the molecule is C.Cc1ccc(C(=O)N2CCN3CCCC(C3)C2)c(C)c1. The van der Waals surface area contributed by atoms with Crippen molar-refractivity contribution in [2.24, 2.45) is 5.92 Å². The summed E-state index contributed by atoms with van der Waals surface area (Å²) in [6, 6.07) is 6.14. The summed E-state index contributed by atoms with van der Waals surface area (Å²) in [6.07, 6.45) is 2.56. The molecule has 0 aromatic heterocycles. The Labute approximate surface area is 128 Å². The van der Waals surface area contributed by atoms with Gasteiger partial charge in [0.2, 0.25) is 0 Å². The fraction of sp³-hybridized carbons (Fsp3) is 0.611. The number of rotatable bonds is 1. The molecule has 0 spiro atoms. The normalized spacial score (nSPS) is 25.0. The lowest BCUT2D eigenvalue weighted by Gasteiger charge is -2.29. The summed E-state index contributed by atoms with van der Waals surface area (Å²) in [5.74, 6) is 0.886. The van der Waals surface area contributed by atoms with Gasteiger partial charge in [0.05, 0.1) is 0 Å². The van der Waals surface area contributed by atoms with Gasteiger partial charge in [-0.1, -0.05) is 25.1 Å². The molecule has 1 amide bonds. The highest BCUT2D eigenvalue weighted by molar-refractivity contribution is 5.95. The standard InChI is InChI=1S/C17H24N2O.CH4/c1-13-5-6-16(14(2)10-13)17(20)19-9-8-18-7-3-4-15(11-18)12-19;/h5-6,10,15H,3-4,7-9,11-12H2,1-2H3;1H4. The summed E-state index contributed by atoms with van der Waals surface area (Å²) in [5.41, 5.74) is 3.20. The molecule has 116 valence electrons. The molecule has 3 heteroatoms. The van der Waals surface area contributed by atoms with E-state index < -0.39 is 0 Å². The van der Waals surface area contributed by atoms with E-state index in [-0.39, 0.29) is 13.3 Å². The number of nitrogens with zero attached hydrogens (tertiary/aromatic N) is 2. The van der Waals surface area contributed by atoms with Gasteiger partial charge in [-0.2, -0.15) is 0 Å². The minimum Gasteiger partial charge on any atom is -0.337 e. The number of hydrogen-bond acceptors (Lipinski definition) is 2. The van der Waals surface area contributed by atoms with Gasteiger partial charge in [-0.3, -0.25) is 4.79 Å². The van der Waals surface area contributed by atoms with E-state index in [1.54, 1.807) is 0 Å². The van der Waals surface area contributed by atoms with Crippen molar-refractivity contribution in [2.45, 2.75) is 34.1 Å². The average Bonchev–Trinajstić information content (AvgIpc) is 2.56. The molecule has 0 radical (unpaired) electrons. The molecule has 0 saturated carbocycles. The molecule has 2 atom stereocenters. The third-order valence-electron chi connectivity index (χ3n) is 4.67. The summed E-state index contributed by atoms with van der Waals surface area (Å²) in [5, 5.41) is 0. The zero-order valence-corrected chi connectivity index (χ0v) is 12.6. The van der Waals surface area contributed by atoms with Gasteiger partial charge < -0.3 is 9.80 Å². The number of carbonyl (C=O) groups is 1. The first-order chi connectivity index (χ1) is 9.63. The Morgan fingerprint density at radius 1 is 1.14 bits per heavy atom. The quantitative estimate of drug-likeness (QED) is 0.793. The van der Waals surface area contributed by atoms with Crippen LogP contribution in [0, 0.1) is 19.8 Å². The van der Waals surface area contributed by atoms with Crippen LogP contribution in [0.3, 0.4) is 0 Å². The van der Waals surface area contributed by atoms with Gasteiger partial charge in [-0.05, 0) is 50.8 Å². The van der Waals surface area contributed by atoms with Gasteiger partial charge in [-0.25, -0.2) is 0 Å². The van der Waals surface area contributed by atoms with Gasteiger partial charge in [0.1, 0.15) is 0 Å². The van der Waals surface area contributed by atoms with Crippen molar-refractivity contribution >= 4 is 5.91 Å². The highest BCUT2D eigenvalue weighted by atomic mass is 16.2. The van der Waals surface area contributed by atoms with Gasteiger partial charge in [0.15, 0.2) is 0 Å². The molecule has 2 heterocycles. The molecule has 3 rings (SSSR count). The van der Waals surface area contributed by atoms with Crippen molar-refractivity contribution in [3.05, 3.63) is 34.9 Å². The van der Waals surface area contributed by atoms with E-state index in [1.807, 2.05) is 19.1 Å². The van der Waals surface area contributed by atoms with Crippen LogP contribution in [0.4, 0.5) is 0 Å². The summed E-state index contributed by atoms with van der Waals surface area (Å²) in [7, 11) is 0. The van der Waals surface area contributed by atoms with Crippen LogP contribution in [0.2, 0.25) is 0 Å². The maximum absolute atomic E-state index is 12.8. The van der Waals surface area contributed by atoms with E-state index in [4.69, 9.17) is 0 Å². The Bertz CT molecular complexity index is 512. The number of fused-ring (bicyclic) bond motifs is 2. The predicted octanol–water partition coefficient (Wildman–Crippen LogP) is 3.11. The van der Waals surface area contributed by atoms with Crippen LogP contribution in [0.1, 0.15) is 41.8 Å². The topological polar surface area (TPSA) is 23.6 Å². The predicted molar refractivity (Wildman–Crippen MR) is 87.7 cm³/mol. The fourth-order valence-corrected chi connectivity index (χ4v) is 3.58. The monoisotopic (exact) mass is 288 g/mol. The number of hydrogen-bond donors (Lipinski definition) is 0. The first-order valence-electron chi connectivity index (χ1n) is 7.72. The fourth-order valence-electron chi connectivity index (χ4n) is 3.58. The lowest BCUT2D eigenvalue weighted by molar-refractivity contribution is 0.0745. The molecule has 1 aromatic rings. The van der Waals surface area contributed by atoms with E-state index in [0.717, 1.165) is 30.8 Å². The van der Waals surface area contributed by atoms with E-state index >= 15 is 0 Å². The van der Waals surface area contributed by atoms with Crippen LogP contribution < -0.4 is 0 Å². The van der Waals surface area contributed by atoms with Crippen molar-refractivity contribution in [1.29, 1.82) is 0 Å². The second-order valence-electron chi connectivity index (χ2n) is 6.38. The van der Waals surface area contributed by atoms with Gasteiger partial charge in [0, 0.05) is 31.7 Å². The summed E-state index contributed by atoms with van der Waals surface area (Å²) >= 11 is 0. The van der Waals surface area contributed by atoms with E-state index in [9.17, 15) is 4.79 Å². The Balaban J connectivity index is 0.00000161. The molecular weight excluding hydrogens is 260 g/mol. The van der Waals surface area contributed by atoms with Gasteiger partial charge >= 0.3 is 0 Å². The number of amides is 1. The second-order valence-corrected chi connectivity index (χ2v) is 6.38. The Morgan fingerprint density at radius 3 is 2.71 bits per heavy atom. The maximum Gasteiger partial charge on any atom is 0.254 e. The van der Waals surface area contributed by atoms with E-state index in [0.29, 0.717) is 5.92 Å². The molecule has 2 saturated heterocycles. The number of piperidine rings is 1. The summed E-state index contributed by atoms with van der Waals surface area (Å²) in [6.45, 7) is 9.35. The van der Waals surface area contributed by atoms with Crippen LogP contribution in [0.15, 0.2) is 18.2 Å². The number of benzene rings is 1. The van der Waals surface area contributed by atoms with Crippen LogP contribution >= 0.6 is 0 Å². The average molecular weight is 288 g/mol. The molecule has 2 unspecified atom stereocenters.